The molecule has 7 heteroatoms. The number of hydrogen-bond donors (Lipinski definition) is 2. The Bertz CT molecular complexity index is 666. The first-order chi connectivity index (χ1) is 10.6. The van der Waals surface area contributed by atoms with Crippen molar-refractivity contribution in [1.29, 1.82) is 0 Å². The Morgan fingerprint density at radius 2 is 1.95 bits per heavy atom. The van der Waals surface area contributed by atoms with Crippen LogP contribution in [0.4, 0.5) is 11.4 Å². The van der Waals surface area contributed by atoms with E-state index in [-0.39, 0.29) is 0 Å². The molecule has 0 aliphatic carbocycles. The maximum Gasteiger partial charge on any atom is 0.314 e. The second-order valence-corrected chi connectivity index (χ2v) is 4.76. The van der Waals surface area contributed by atoms with E-state index < -0.39 is 11.8 Å². The molecule has 0 radical (unpaired) electrons. The standard InChI is InChI=1S/C15H18N4O3/c1-11-4-3-5-12(8-11)17-14(20)15(21)18-13-9-16-19(10-13)6-7-22-2/h3-5,8-10H,6-7H2,1-2H3,(H,17,20)(H,18,21). The van der Waals surface area contributed by atoms with Gasteiger partial charge in [0.2, 0.25) is 0 Å². The van der Waals surface area contributed by atoms with Gasteiger partial charge in [-0.25, -0.2) is 0 Å². The topological polar surface area (TPSA) is 85.2 Å². The molecule has 0 aliphatic rings. The van der Waals surface area contributed by atoms with Crippen molar-refractivity contribution in [3.63, 3.8) is 0 Å². The number of anilines is 2. The van der Waals surface area contributed by atoms with Crippen molar-refractivity contribution in [3.05, 3.63) is 42.2 Å². The van der Waals surface area contributed by atoms with Gasteiger partial charge >= 0.3 is 11.8 Å². The fraction of sp³-hybridized carbons (Fsp3) is 0.267. The summed E-state index contributed by atoms with van der Waals surface area (Å²) >= 11 is 0. The highest BCUT2D eigenvalue weighted by Crippen LogP contribution is 2.10. The number of nitrogens with zero attached hydrogens (tertiary/aromatic N) is 2. The number of rotatable bonds is 5. The van der Waals surface area contributed by atoms with Crippen LogP contribution < -0.4 is 10.6 Å². The number of amides is 2. The zero-order chi connectivity index (χ0) is 15.9. The molecule has 7 nitrogen and oxygen atoms in total. The van der Waals surface area contributed by atoms with Crippen LogP contribution in [0.25, 0.3) is 0 Å². The summed E-state index contributed by atoms with van der Waals surface area (Å²) in [7, 11) is 1.60. The van der Waals surface area contributed by atoms with Gasteiger partial charge in [-0.15, -0.1) is 0 Å². The monoisotopic (exact) mass is 302 g/mol. The van der Waals surface area contributed by atoms with E-state index in [2.05, 4.69) is 15.7 Å². The molecule has 116 valence electrons. The van der Waals surface area contributed by atoms with Crippen LogP contribution >= 0.6 is 0 Å². The maximum absolute atomic E-state index is 11.8. The van der Waals surface area contributed by atoms with E-state index in [0.717, 1.165) is 5.56 Å². The third-order valence-corrected chi connectivity index (χ3v) is 2.90. The molecule has 0 atom stereocenters. The first-order valence-corrected chi connectivity index (χ1v) is 6.79. The summed E-state index contributed by atoms with van der Waals surface area (Å²) in [6.07, 6.45) is 3.12. The molecule has 0 spiro atoms. The van der Waals surface area contributed by atoms with Gasteiger partial charge in [0.25, 0.3) is 0 Å². The first-order valence-electron chi connectivity index (χ1n) is 6.79. The van der Waals surface area contributed by atoms with Gasteiger partial charge in [-0.1, -0.05) is 12.1 Å². The molecule has 0 bridgehead atoms. The highest BCUT2D eigenvalue weighted by Gasteiger charge is 2.14. The minimum absolute atomic E-state index is 0.459. The van der Waals surface area contributed by atoms with E-state index in [1.807, 2.05) is 19.1 Å². The molecule has 2 N–H and O–H groups in total. The number of carbonyl (C=O) groups is 2. The van der Waals surface area contributed by atoms with Gasteiger partial charge in [-0.3, -0.25) is 14.3 Å². The molecular formula is C15H18N4O3. The number of aromatic nitrogens is 2. The number of methoxy groups -OCH3 is 1. The van der Waals surface area contributed by atoms with Crippen molar-refractivity contribution < 1.29 is 14.3 Å². The summed E-state index contributed by atoms with van der Waals surface area (Å²) < 4.78 is 6.56. The van der Waals surface area contributed by atoms with Crippen molar-refractivity contribution in [2.45, 2.75) is 13.5 Å². The summed E-state index contributed by atoms with van der Waals surface area (Å²) in [6.45, 7) is 2.99. The van der Waals surface area contributed by atoms with Gasteiger partial charge < -0.3 is 15.4 Å². The van der Waals surface area contributed by atoms with E-state index in [0.29, 0.717) is 24.5 Å². The van der Waals surface area contributed by atoms with Gasteiger partial charge in [0, 0.05) is 19.0 Å². The molecule has 1 heterocycles. The van der Waals surface area contributed by atoms with Gasteiger partial charge in [0.05, 0.1) is 25.0 Å². The number of hydrogen-bond acceptors (Lipinski definition) is 4. The Kier molecular flexibility index (Phi) is 5.26. The molecule has 2 amide bonds. The van der Waals surface area contributed by atoms with Crippen LogP contribution in [0.15, 0.2) is 36.7 Å². The molecule has 0 fully saturated rings. The van der Waals surface area contributed by atoms with E-state index >= 15 is 0 Å². The Balaban J connectivity index is 1.91. The predicted octanol–water partition coefficient (Wildman–Crippen LogP) is 1.42. The Labute approximate surface area is 128 Å². The largest absolute Gasteiger partial charge is 0.383 e. The van der Waals surface area contributed by atoms with Gasteiger partial charge in [-0.2, -0.15) is 5.10 Å². The van der Waals surface area contributed by atoms with Crippen LogP contribution in [0.1, 0.15) is 5.56 Å². The average molecular weight is 302 g/mol. The number of carbonyl (C=O) groups excluding carboxylic acids is 2. The van der Waals surface area contributed by atoms with Gasteiger partial charge in [0.15, 0.2) is 0 Å². The summed E-state index contributed by atoms with van der Waals surface area (Å²) in [5.74, 6) is -1.47. The van der Waals surface area contributed by atoms with Gasteiger partial charge in [-0.05, 0) is 24.6 Å². The van der Waals surface area contributed by atoms with E-state index in [1.54, 1.807) is 30.1 Å². The van der Waals surface area contributed by atoms with Crippen molar-refractivity contribution in [3.8, 4) is 0 Å². The normalized spacial score (nSPS) is 10.3. The van der Waals surface area contributed by atoms with Crippen LogP contribution in [0.5, 0.6) is 0 Å². The van der Waals surface area contributed by atoms with E-state index in [9.17, 15) is 9.59 Å². The summed E-state index contributed by atoms with van der Waals surface area (Å²) in [6, 6.07) is 7.22. The minimum atomic E-state index is -0.743. The number of nitrogens with one attached hydrogen (secondary N) is 2. The van der Waals surface area contributed by atoms with Gasteiger partial charge in [0.1, 0.15) is 0 Å². The smallest absolute Gasteiger partial charge is 0.314 e. The fourth-order valence-electron chi connectivity index (χ4n) is 1.83. The Morgan fingerprint density at radius 3 is 2.64 bits per heavy atom. The van der Waals surface area contributed by atoms with Crippen LogP contribution in [0, 0.1) is 6.92 Å². The predicted molar refractivity (Wildman–Crippen MR) is 82.5 cm³/mol. The lowest BCUT2D eigenvalue weighted by Gasteiger charge is -2.05. The highest BCUT2D eigenvalue weighted by atomic mass is 16.5. The van der Waals surface area contributed by atoms with Crippen molar-refractivity contribution >= 4 is 23.2 Å². The fourth-order valence-corrected chi connectivity index (χ4v) is 1.83. The molecule has 22 heavy (non-hydrogen) atoms. The lowest BCUT2D eigenvalue weighted by molar-refractivity contribution is -0.132. The molecule has 0 saturated carbocycles. The second-order valence-electron chi connectivity index (χ2n) is 4.76. The summed E-state index contributed by atoms with van der Waals surface area (Å²) in [5.41, 5.74) is 2.04. The molecule has 0 aliphatic heterocycles. The first kappa shape index (κ1) is 15.7. The molecule has 0 saturated heterocycles. The molecule has 0 unspecified atom stereocenters. The molecule has 2 aromatic rings. The number of ether oxygens (including phenoxy) is 1. The molecule has 1 aromatic carbocycles. The van der Waals surface area contributed by atoms with Crippen molar-refractivity contribution in [2.75, 3.05) is 24.4 Å². The zero-order valence-corrected chi connectivity index (χ0v) is 12.5. The maximum atomic E-state index is 11.8. The van der Waals surface area contributed by atoms with Crippen molar-refractivity contribution in [2.24, 2.45) is 0 Å². The van der Waals surface area contributed by atoms with Crippen molar-refractivity contribution in [1.82, 2.24) is 9.78 Å². The minimum Gasteiger partial charge on any atom is -0.383 e. The second kappa shape index (κ2) is 7.37. The number of benzene rings is 1. The zero-order valence-electron chi connectivity index (χ0n) is 12.5. The van der Waals surface area contributed by atoms with Crippen LogP contribution in [0.2, 0.25) is 0 Å². The SMILES string of the molecule is COCCn1cc(NC(=O)C(=O)Nc2cccc(C)c2)cn1. The molecular weight excluding hydrogens is 284 g/mol. The Hall–Kier alpha value is -2.67. The lowest BCUT2D eigenvalue weighted by atomic mass is 10.2. The molecule has 2 rings (SSSR count). The van der Waals surface area contributed by atoms with E-state index in [1.165, 1.54) is 6.20 Å². The highest BCUT2D eigenvalue weighted by molar-refractivity contribution is 6.43. The van der Waals surface area contributed by atoms with Crippen LogP contribution in [-0.2, 0) is 20.9 Å². The lowest BCUT2D eigenvalue weighted by Crippen LogP contribution is -2.28. The molecule has 1 aromatic heterocycles. The quantitative estimate of drug-likeness (QED) is 0.818. The third-order valence-electron chi connectivity index (χ3n) is 2.90. The van der Waals surface area contributed by atoms with E-state index in [4.69, 9.17) is 4.74 Å². The summed E-state index contributed by atoms with van der Waals surface area (Å²) in [5, 5.41) is 9.10. The van der Waals surface area contributed by atoms with Crippen LogP contribution in [0.3, 0.4) is 0 Å². The Morgan fingerprint density at radius 1 is 1.23 bits per heavy atom. The van der Waals surface area contributed by atoms with Crippen LogP contribution in [-0.4, -0.2) is 35.3 Å². The number of aryl methyl sites for hydroxylation is 1. The summed E-state index contributed by atoms with van der Waals surface area (Å²) in [4.78, 5) is 23.7. The third kappa shape index (κ3) is 4.42. The average Bonchev–Trinajstić information content (AvgIpc) is 2.92.